The largest absolute Gasteiger partial charge is 0.469 e. The van der Waals surface area contributed by atoms with Gasteiger partial charge in [-0.1, -0.05) is 6.07 Å². The van der Waals surface area contributed by atoms with Crippen LogP contribution in [-0.2, 0) is 6.54 Å². The number of rotatable bonds is 4. The van der Waals surface area contributed by atoms with E-state index < -0.39 is 0 Å². The molecule has 3 nitrogen and oxygen atoms in total. The van der Waals surface area contributed by atoms with Gasteiger partial charge in [0.05, 0.1) is 12.0 Å². The zero-order valence-electron chi connectivity index (χ0n) is 11.5. The molecule has 0 saturated heterocycles. The van der Waals surface area contributed by atoms with Crippen molar-refractivity contribution in [2.45, 2.75) is 26.4 Å². The maximum Gasteiger partial charge on any atom is 0.146 e. The Bertz CT molecular complexity index is 563. The molecule has 2 N–H and O–H groups in total. The van der Waals surface area contributed by atoms with Gasteiger partial charge in [-0.3, -0.25) is 0 Å². The molecule has 1 aromatic carbocycles. The van der Waals surface area contributed by atoms with Crippen LogP contribution in [0, 0.1) is 12.7 Å². The molecular weight excluding hydrogens is 243 g/mol. The average Bonchev–Trinajstić information content (AvgIpc) is 2.74. The Labute approximate surface area is 112 Å². The van der Waals surface area contributed by atoms with Gasteiger partial charge in [-0.2, -0.15) is 0 Å². The SMILES string of the molecule is Cc1occc1CN(C)c1ccc(C(C)N)cc1F. The molecule has 4 heteroatoms. The second kappa shape index (κ2) is 5.45. The second-order valence-corrected chi connectivity index (χ2v) is 4.86. The van der Waals surface area contributed by atoms with Crippen molar-refractivity contribution in [3.8, 4) is 0 Å². The Morgan fingerprint density at radius 2 is 2.11 bits per heavy atom. The van der Waals surface area contributed by atoms with E-state index in [1.54, 1.807) is 12.3 Å². The fraction of sp³-hybridized carbons (Fsp3) is 0.333. The average molecular weight is 262 g/mol. The van der Waals surface area contributed by atoms with Crippen molar-refractivity contribution in [2.75, 3.05) is 11.9 Å². The summed E-state index contributed by atoms with van der Waals surface area (Å²) < 4.78 is 19.3. The van der Waals surface area contributed by atoms with Crippen LogP contribution in [0.1, 0.15) is 29.9 Å². The number of nitrogens with two attached hydrogens (primary N) is 1. The van der Waals surface area contributed by atoms with E-state index in [-0.39, 0.29) is 11.9 Å². The van der Waals surface area contributed by atoms with Crippen LogP contribution in [0.25, 0.3) is 0 Å². The molecule has 1 unspecified atom stereocenters. The molecule has 1 aromatic heterocycles. The smallest absolute Gasteiger partial charge is 0.146 e. The quantitative estimate of drug-likeness (QED) is 0.918. The van der Waals surface area contributed by atoms with Crippen LogP contribution >= 0.6 is 0 Å². The molecule has 0 fully saturated rings. The molecule has 1 heterocycles. The summed E-state index contributed by atoms with van der Waals surface area (Å²) in [5, 5.41) is 0. The highest BCUT2D eigenvalue weighted by atomic mass is 19.1. The fourth-order valence-electron chi connectivity index (χ4n) is 2.03. The van der Waals surface area contributed by atoms with Crippen LogP contribution in [-0.4, -0.2) is 7.05 Å². The number of aryl methyl sites for hydroxylation is 1. The van der Waals surface area contributed by atoms with Crippen LogP contribution in [0.3, 0.4) is 0 Å². The number of halogens is 1. The molecule has 0 amide bonds. The van der Waals surface area contributed by atoms with Gasteiger partial charge in [0.25, 0.3) is 0 Å². The lowest BCUT2D eigenvalue weighted by Gasteiger charge is -2.20. The zero-order valence-corrected chi connectivity index (χ0v) is 11.5. The first-order chi connectivity index (χ1) is 8.99. The minimum absolute atomic E-state index is 0.162. The Hall–Kier alpha value is -1.81. The third-order valence-corrected chi connectivity index (χ3v) is 3.28. The number of furan rings is 1. The van der Waals surface area contributed by atoms with E-state index in [4.69, 9.17) is 10.2 Å². The van der Waals surface area contributed by atoms with Crippen molar-refractivity contribution in [1.82, 2.24) is 0 Å². The summed E-state index contributed by atoms with van der Waals surface area (Å²) in [6.45, 7) is 4.35. The maximum absolute atomic E-state index is 14.1. The van der Waals surface area contributed by atoms with Crippen molar-refractivity contribution >= 4 is 5.69 Å². The van der Waals surface area contributed by atoms with E-state index >= 15 is 0 Å². The summed E-state index contributed by atoms with van der Waals surface area (Å²) in [6.07, 6.45) is 1.65. The minimum Gasteiger partial charge on any atom is -0.469 e. The first-order valence-corrected chi connectivity index (χ1v) is 6.28. The topological polar surface area (TPSA) is 42.4 Å². The predicted molar refractivity (Wildman–Crippen MR) is 74.6 cm³/mol. The van der Waals surface area contributed by atoms with E-state index in [1.165, 1.54) is 6.07 Å². The summed E-state index contributed by atoms with van der Waals surface area (Å²) in [7, 11) is 1.86. The third-order valence-electron chi connectivity index (χ3n) is 3.28. The molecule has 102 valence electrons. The summed E-state index contributed by atoms with van der Waals surface area (Å²) >= 11 is 0. The van der Waals surface area contributed by atoms with Gasteiger partial charge in [0.15, 0.2) is 0 Å². The highest BCUT2D eigenvalue weighted by Crippen LogP contribution is 2.24. The molecule has 0 spiro atoms. The van der Waals surface area contributed by atoms with Crippen molar-refractivity contribution in [2.24, 2.45) is 5.73 Å². The molecule has 0 aliphatic heterocycles. The first kappa shape index (κ1) is 13.6. The molecule has 0 bridgehead atoms. The number of anilines is 1. The van der Waals surface area contributed by atoms with Crippen molar-refractivity contribution in [3.63, 3.8) is 0 Å². The molecule has 0 saturated carbocycles. The fourth-order valence-corrected chi connectivity index (χ4v) is 2.03. The van der Waals surface area contributed by atoms with Gasteiger partial charge in [0.2, 0.25) is 0 Å². The highest BCUT2D eigenvalue weighted by molar-refractivity contribution is 5.49. The number of hydrogen-bond acceptors (Lipinski definition) is 3. The van der Waals surface area contributed by atoms with Crippen LogP contribution < -0.4 is 10.6 Å². The second-order valence-electron chi connectivity index (χ2n) is 4.86. The molecule has 19 heavy (non-hydrogen) atoms. The zero-order chi connectivity index (χ0) is 14.0. The van der Waals surface area contributed by atoms with Crippen LogP contribution in [0.4, 0.5) is 10.1 Å². The van der Waals surface area contributed by atoms with Gasteiger partial charge < -0.3 is 15.1 Å². The maximum atomic E-state index is 14.1. The lowest BCUT2D eigenvalue weighted by molar-refractivity contribution is 0.529. The summed E-state index contributed by atoms with van der Waals surface area (Å²) in [5.41, 5.74) is 8.16. The van der Waals surface area contributed by atoms with Crippen molar-refractivity contribution in [3.05, 3.63) is 53.2 Å². The Morgan fingerprint density at radius 3 is 2.63 bits per heavy atom. The number of nitrogens with zero attached hydrogens (tertiary/aromatic N) is 1. The van der Waals surface area contributed by atoms with E-state index in [0.717, 1.165) is 16.9 Å². The van der Waals surface area contributed by atoms with Crippen LogP contribution in [0.2, 0.25) is 0 Å². The minimum atomic E-state index is -0.251. The van der Waals surface area contributed by atoms with Gasteiger partial charge in [-0.25, -0.2) is 4.39 Å². The highest BCUT2D eigenvalue weighted by Gasteiger charge is 2.12. The Balaban J connectivity index is 2.20. The lowest BCUT2D eigenvalue weighted by atomic mass is 10.1. The molecule has 0 aliphatic carbocycles. The molecule has 1 atom stereocenters. The number of benzene rings is 1. The van der Waals surface area contributed by atoms with Crippen LogP contribution in [0.15, 0.2) is 34.9 Å². The van der Waals surface area contributed by atoms with Crippen molar-refractivity contribution < 1.29 is 8.81 Å². The monoisotopic (exact) mass is 262 g/mol. The van der Waals surface area contributed by atoms with E-state index in [0.29, 0.717) is 12.2 Å². The lowest BCUT2D eigenvalue weighted by Crippen LogP contribution is -2.18. The predicted octanol–water partition coefficient (Wildman–Crippen LogP) is 3.38. The van der Waals surface area contributed by atoms with Gasteiger partial charge in [-0.05, 0) is 37.6 Å². The first-order valence-electron chi connectivity index (χ1n) is 6.28. The molecule has 2 rings (SSSR count). The van der Waals surface area contributed by atoms with E-state index in [1.807, 2.05) is 37.9 Å². The van der Waals surface area contributed by atoms with Crippen molar-refractivity contribution in [1.29, 1.82) is 0 Å². The molecule has 2 aromatic rings. The van der Waals surface area contributed by atoms with Gasteiger partial charge in [0, 0.05) is 25.2 Å². The Kier molecular flexibility index (Phi) is 3.90. The third kappa shape index (κ3) is 2.96. The Morgan fingerprint density at radius 1 is 1.37 bits per heavy atom. The van der Waals surface area contributed by atoms with Gasteiger partial charge in [0.1, 0.15) is 11.6 Å². The van der Waals surface area contributed by atoms with E-state index in [9.17, 15) is 4.39 Å². The molecule has 0 aliphatic rings. The van der Waals surface area contributed by atoms with Gasteiger partial charge in [-0.15, -0.1) is 0 Å². The van der Waals surface area contributed by atoms with E-state index in [2.05, 4.69) is 0 Å². The molecular formula is C15H19FN2O. The summed E-state index contributed by atoms with van der Waals surface area (Å²) in [4.78, 5) is 1.86. The van der Waals surface area contributed by atoms with Gasteiger partial charge >= 0.3 is 0 Å². The summed E-state index contributed by atoms with van der Waals surface area (Å²) in [6, 6.07) is 6.87. The number of hydrogen-bond donors (Lipinski definition) is 1. The standard InChI is InChI=1S/C15H19FN2O/c1-10(17)12-4-5-15(14(16)8-12)18(3)9-13-6-7-19-11(13)2/h4-8,10H,9,17H2,1-3H3. The summed E-state index contributed by atoms with van der Waals surface area (Å²) in [5.74, 6) is 0.609. The normalized spacial score (nSPS) is 12.5. The van der Waals surface area contributed by atoms with Crippen LogP contribution in [0.5, 0.6) is 0 Å². The molecule has 0 radical (unpaired) electrons.